The molecule has 0 saturated heterocycles. The normalized spacial score (nSPS) is 12.6. The summed E-state index contributed by atoms with van der Waals surface area (Å²) in [5.41, 5.74) is 1.22. The summed E-state index contributed by atoms with van der Waals surface area (Å²) in [6, 6.07) is 10.8. The summed E-state index contributed by atoms with van der Waals surface area (Å²) in [6.45, 7) is 1.93. The van der Waals surface area contributed by atoms with Gasteiger partial charge in [0.2, 0.25) is 5.91 Å². The fourth-order valence-corrected chi connectivity index (χ4v) is 4.33. The van der Waals surface area contributed by atoms with E-state index in [1.165, 1.54) is 30.0 Å². The Bertz CT molecular complexity index is 881. The Hall–Kier alpha value is -1.57. The summed E-state index contributed by atoms with van der Waals surface area (Å²) >= 11 is 7.26. The van der Waals surface area contributed by atoms with Crippen molar-refractivity contribution in [3.63, 3.8) is 0 Å². The first-order valence-corrected chi connectivity index (χ1v) is 11.7. The Balaban J connectivity index is 1.93. The number of carbonyl (C=O) groups excluding carboxylic acids is 1. The smallest absolute Gasteiger partial charge is 0.230 e. The third kappa shape index (κ3) is 6.23. The topological polar surface area (TPSA) is 63.2 Å². The molecule has 0 spiro atoms. The van der Waals surface area contributed by atoms with Crippen LogP contribution in [0.15, 0.2) is 47.4 Å². The summed E-state index contributed by atoms with van der Waals surface area (Å²) in [4.78, 5) is 12.5. The molecule has 1 amide bonds. The first kappa shape index (κ1) is 21.7. The predicted octanol–water partition coefficient (Wildman–Crippen LogP) is 4.38. The number of sulfone groups is 1. The van der Waals surface area contributed by atoms with Gasteiger partial charge in [-0.05, 0) is 36.2 Å². The average molecular weight is 430 g/mol. The molecule has 0 unspecified atom stereocenters. The number of hydrogen-bond donors (Lipinski definition) is 1. The Morgan fingerprint density at radius 2 is 1.89 bits per heavy atom. The molecule has 4 nitrogen and oxygen atoms in total. The van der Waals surface area contributed by atoms with Crippen LogP contribution in [-0.4, -0.2) is 26.3 Å². The third-order valence-electron chi connectivity index (χ3n) is 4.00. The van der Waals surface area contributed by atoms with E-state index in [0.717, 1.165) is 11.8 Å². The van der Waals surface area contributed by atoms with E-state index in [1.54, 1.807) is 24.3 Å². The van der Waals surface area contributed by atoms with Gasteiger partial charge in [-0.25, -0.2) is 12.8 Å². The largest absolute Gasteiger partial charge is 0.349 e. The van der Waals surface area contributed by atoms with Gasteiger partial charge < -0.3 is 5.32 Å². The van der Waals surface area contributed by atoms with Crippen LogP contribution in [0.4, 0.5) is 4.39 Å². The van der Waals surface area contributed by atoms with Gasteiger partial charge in [-0.2, -0.15) is 0 Å². The number of nitrogens with one attached hydrogen (secondary N) is 1. The van der Waals surface area contributed by atoms with Crippen molar-refractivity contribution < 1.29 is 17.6 Å². The lowest BCUT2D eigenvalue weighted by atomic mass is 10.0. The van der Waals surface area contributed by atoms with E-state index in [-0.39, 0.29) is 28.4 Å². The fraction of sp³-hybridized carbons (Fsp3) is 0.316. The highest BCUT2D eigenvalue weighted by atomic mass is 35.5. The van der Waals surface area contributed by atoms with Crippen LogP contribution in [0.3, 0.4) is 0 Å². The van der Waals surface area contributed by atoms with Gasteiger partial charge in [0.15, 0.2) is 9.84 Å². The van der Waals surface area contributed by atoms with Crippen LogP contribution in [-0.2, 0) is 20.4 Å². The lowest BCUT2D eigenvalue weighted by Crippen LogP contribution is -2.29. The summed E-state index contributed by atoms with van der Waals surface area (Å²) in [5.74, 6) is -0.0826. The number of carbonyl (C=O) groups is 1. The van der Waals surface area contributed by atoms with Crippen LogP contribution < -0.4 is 5.32 Å². The molecule has 1 atom stereocenters. The maximum Gasteiger partial charge on any atom is 0.230 e. The van der Waals surface area contributed by atoms with Crippen LogP contribution in [0.25, 0.3) is 0 Å². The van der Waals surface area contributed by atoms with Gasteiger partial charge in [0.1, 0.15) is 5.82 Å². The van der Waals surface area contributed by atoms with E-state index >= 15 is 0 Å². The number of rotatable bonds is 8. The number of hydrogen-bond acceptors (Lipinski definition) is 4. The van der Waals surface area contributed by atoms with E-state index in [2.05, 4.69) is 5.32 Å². The molecule has 1 N–H and O–H groups in total. The van der Waals surface area contributed by atoms with E-state index < -0.39 is 9.84 Å². The first-order valence-electron chi connectivity index (χ1n) is 8.32. The van der Waals surface area contributed by atoms with Crippen molar-refractivity contribution in [1.82, 2.24) is 5.32 Å². The minimum absolute atomic E-state index is 0.169. The molecule has 0 bridgehead atoms. The molecule has 0 radical (unpaired) electrons. The second-order valence-corrected chi connectivity index (χ2v) is 9.47. The molecule has 8 heteroatoms. The fourth-order valence-electron chi connectivity index (χ4n) is 2.52. The highest BCUT2D eigenvalue weighted by Crippen LogP contribution is 2.24. The van der Waals surface area contributed by atoms with Crippen LogP contribution in [0.2, 0.25) is 5.02 Å². The number of thioether (sulfide) groups is 1. The highest BCUT2D eigenvalue weighted by molar-refractivity contribution is 7.99. The Morgan fingerprint density at radius 3 is 2.44 bits per heavy atom. The zero-order valence-electron chi connectivity index (χ0n) is 15.0. The molecule has 2 rings (SSSR count). The minimum atomic E-state index is -3.25. The SMILES string of the molecule is CC[C@H](NC(=O)CSCc1c(F)cccc1Cl)c1ccc(S(C)(=O)=O)cc1. The van der Waals surface area contributed by atoms with Gasteiger partial charge >= 0.3 is 0 Å². The van der Waals surface area contributed by atoms with Crippen molar-refractivity contribution in [3.8, 4) is 0 Å². The second kappa shape index (κ2) is 9.57. The van der Waals surface area contributed by atoms with Gasteiger partial charge in [-0.1, -0.05) is 36.7 Å². The number of amides is 1. The summed E-state index contributed by atoms with van der Waals surface area (Å²) in [6.07, 6.45) is 1.81. The van der Waals surface area contributed by atoms with E-state index in [9.17, 15) is 17.6 Å². The van der Waals surface area contributed by atoms with E-state index in [0.29, 0.717) is 22.8 Å². The van der Waals surface area contributed by atoms with Gasteiger partial charge in [-0.3, -0.25) is 4.79 Å². The molecule has 0 aliphatic heterocycles. The molecular formula is C19H21ClFNO3S2. The van der Waals surface area contributed by atoms with Crippen molar-refractivity contribution in [2.45, 2.75) is 30.0 Å². The van der Waals surface area contributed by atoms with Crippen LogP contribution in [0.5, 0.6) is 0 Å². The maximum atomic E-state index is 13.7. The zero-order chi connectivity index (χ0) is 20.0. The Morgan fingerprint density at radius 1 is 1.22 bits per heavy atom. The van der Waals surface area contributed by atoms with Crippen molar-refractivity contribution in [2.75, 3.05) is 12.0 Å². The highest BCUT2D eigenvalue weighted by Gasteiger charge is 2.15. The average Bonchev–Trinajstić information content (AvgIpc) is 2.61. The van der Waals surface area contributed by atoms with Crippen molar-refractivity contribution >= 4 is 39.1 Å². The molecule has 0 aromatic heterocycles. The van der Waals surface area contributed by atoms with Crippen LogP contribution in [0, 0.1) is 5.82 Å². The van der Waals surface area contributed by atoms with Crippen LogP contribution >= 0.6 is 23.4 Å². The third-order valence-corrected chi connectivity index (χ3v) is 6.44. The molecule has 2 aromatic carbocycles. The Labute approximate surface area is 168 Å². The maximum absolute atomic E-state index is 13.7. The van der Waals surface area contributed by atoms with E-state index in [4.69, 9.17) is 11.6 Å². The molecular weight excluding hydrogens is 409 g/mol. The Kier molecular flexibility index (Phi) is 7.70. The van der Waals surface area contributed by atoms with Crippen molar-refractivity contribution in [2.24, 2.45) is 0 Å². The molecule has 0 aliphatic rings. The molecule has 2 aromatic rings. The lowest BCUT2D eigenvalue weighted by molar-refractivity contribution is -0.119. The molecule has 0 aliphatic carbocycles. The van der Waals surface area contributed by atoms with Gasteiger partial charge in [0.05, 0.1) is 16.7 Å². The summed E-state index contributed by atoms with van der Waals surface area (Å²) < 4.78 is 36.8. The summed E-state index contributed by atoms with van der Waals surface area (Å²) in [5, 5.41) is 3.27. The second-order valence-electron chi connectivity index (χ2n) is 6.06. The number of benzene rings is 2. The van der Waals surface area contributed by atoms with Crippen molar-refractivity contribution in [1.29, 1.82) is 0 Å². The lowest BCUT2D eigenvalue weighted by Gasteiger charge is -2.18. The minimum Gasteiger partial charge on any atom is -0.349 e. The molecule has 0 saturated carbocycles. The van der Waals surface area contributed by atoms with Gasteiger partial charge in [-0.15, -0.1) is 11.8 Å². The standard InChI is InChI=1S/C19H21ClFNO3S2/c1-3-18(13-7-9-14(10-8-13)27(2,24)25)22-19(23)12-26-11-15-16(20)5-4-6-17(15)21/h4-10,18H,3,11-12H2,1-2H3,(H,22,23)/t18-/m0/s1. The zero-order valence-corrected chi connectivity index (χ0v) is 17.4. The van der Waals surface area contributed by atoms with E-state index in [1.807, 2.05) is 6.92 Å². The summed E-state index contributed by atoms with van der Waals surface area (Å²) in [7, 11) is -3.25. The monoisotopic (exact) mass is 429 g/mol. The molecule has 27 heavy (non-hydrogen) atoms. The van der Waals surface area contributed by atoms with Crippen LogP contribution in [0.1, 0.15) is 30.5 Å². The molecule has 146 valence electrons. The molecule has 0 heterocycles. The predicted molar refractivity (Wildman–Crippen MR) is 108 cm³/mol. The quantitative estimate of drug-likeness (QED) is 0.676. The first-order chi connectivity index (χ1) is 12.7. The van der Waals surface area contributed by atoms with Crippen molar-refractivity contribution in [3.05, 3.63) is 64.4 Å². The van der Waals surface area contributed by atoms with Gasteiger partial charge in [0.25, 0.3) is 0 Å². The number of halogens is 2. The van der Waals surface area contributed by atoms with Gasteiger partial charge in [0, 0.05) is 22.6 Å². The molecule has 0 fully saturated rings.